The van der Waals surface area contributed by atoms with E-state index >= 15 is 0 Å². The summed E-state index contributed by atoms with van der Waals surface area (Å²) in [6.07, 6.45) is 2.15. The lowest BCUT2D eigenvalue weighted by molar-refractivity contribution is -0.530. The van der Waals surface area contributed by atoms with E-state index in [0.29, 0.717) is 34.5 Å². The molecular formula is C23H31ClN2O6. The number of halogens is 1. The van der Waals surface area contributed by atoms with Crippen LogP contribution in [-0.2, 0) is 13.1 Å². The highest BCUT2D eigenvalue weighted by molar-refractivity contribution is 5.56. The molecule has 0 bridgehead atoms. The van der Waals surface area contributed by atoms with Gasteiger partial charge < -0.3 is 40.8 Å². The van der Waals surface area contributed by atoms with Gasteiger partial charge in [0.2, 0.25) is 17.8 Å². The molecule has 0 atom stereocenters. The Morgan fingerprint density at radius 2 is 1.12 bits per heavy atom. The third-order valence-corrected chi connectivity index (χ3v) is 5.22. The summed E-state index contributed by atoms with van der Waals surface area (Å²) in [7, 11) is 9.72. The van der Waals surface area contributed by atoms with Crippen LogP contribution in [0.4, 0.5) is 0 Å². The molecule has 3 rings (SSSR count). The molecule has 0 fully saturated rings. The van der Waals surface area contributed by atoms with Gasteiger partial charge in [0.15, 0.2) is 23.0 Å². The molecule has 176 valence electrons. The third kappa shape index (κ3) is 5.43. The van der Waals surface area contributed by atoms with Crippen LogP contribution in [0.2, 0.25) is 0 Å². The van der Waals surface area contributed by atoms with Crippen molar-refractivity contribution in [2.75, 3.05) is 55.7 Å². The van der Waals surface area contributed by atoms with Crippen molar-refractivity contribution in [1.82, 2.24) is 4.90 Å². The van der Waals surface area contributed by atoms with Gasteiger partial charge in [0.25, 0.3) is 0 Å². The summed E-state index contributed by atoms with van der Waals surface area (Å²) in [5.41, 5.74) is 2.17. The van der Waals surface area contributed by atoms with E-state index in [-0.39, 0.29) is 12.4 Å². The first-order chi connectivity index (χ1) is 15.1. The van der Waals surface area contributed by atoms with Crippen LogP contribution in [0.5, 0.6) is 34.5 Å². The SMILES string of the molecule is COc1cc(CN2C=[N+](Cc3cc(OC)c(OC)c(OC)c3)CC2)cc(OC)c1OC.[Cl-]. The minimum Gasteiger partial charge on any atom is -1.00 e. The average molecular weight is 467 g/mol. The maximum Gasteiger partial charge on any atom is 0.234 e. The zero-order valence-electron chi connectivity index (χ0n) is 19.4. The Morgan fingerprint density at radius 3 is 1.53 bits per heavy atom. The zero-order valence-corrected chi connectivity index (χ0v) is 20.2. The number of ether oxygens (including phenoxy) is 6. The summed E-state index contributed by atoms with van der Waals surface area (Å²) < 4.78 is 35.0. The summed E-state index contributed by atoms with van der Waals surface area (Å²) in [6.45, 7) is 3.31. The summed E-state index contributed by atoms with van der Waals surface area (Å²) in [4.78, 5) is 2.26. The molecule has 8 nitrogen and oxygen atoms in total. The molecule has 32 heavy (non-hydrogen) atoms. The maximum absolute atomic E-state index is 5.47. The Morgan fingerprint density at radius 1 is 0.688 bits per heavy atom. The summed E-state index contributed by atoms with van der Waals surface area (Å²) in [6, 6.07) is 7.93. The normalized spacial score (nSPS) is 12.6. The van der Waals surface area contributed by atoms with E-state index in [1.807, 2.05) is 24.3 Å². The number of methoxy groups -OCH3 is 6. The lowest BCUT2D eigenvalue weighted by Crippen LogP contribution is -3.00. The second-order valence-corrected chi connectivity index (χ2v) is 7.12. The van der Waals surface area contributed by atoms with Crippen LogP contribution in [0.25, 0.3) is 0 Å². The third-order valence-electron chi connectivity index (χ3n) is 5.22. The van der Waals surface area contributed by atoms with Crippen molar-refractivity contribution in [3.8, 4) is 34.5 Å². The number of hydrogen-bond donors (Lipinski definition) is 0. The topological polar surface area (TPSA) is 61.6 Å². The summed E-state index contributed by atoms with van der Waals surface area (Å²) >= 11 is 0. The lowest BCUT2D eigenvalue weighted by Gasteiger charge is -2.15. The maximum atomic E-state index is 5.47. The van der Waals surface area contributed by atoms with Crippen LogP contribution in [0.3, 0.4) is 0 Å². The quantitative estimate of drug-likeness (QED) is 0.449. The monoisotopic (exact) mass is 466 g/mol. The molecule has 0 aromatic heterocycles. The lowest BCUT2D eigenvalue weighted by atomic mass is 10.1. The first kappa shape index (κ1) is 25.3. The second-order valence-electron chi connectivity index (χ2n) is 7.12. The van der Waals surface area contributed by atoms with Gasteiger partial charge in [0.1, 0.15) is 26.2 Å². The van der Waals surface area contributed by atoms with Gasteiger partial charge in [-0.25, -0.2) is 0 Å². The minimum atomic E-state index is 0. The van der Waals surface area contributed by atoms with Gasteiger partial charge in [-0.2, -0.15) is 0 Å². The molecule has 0 unspecified atom stereocenters. The van der Waals surface area contributed by atoms with Crippen LogP contribution < -0.4 is 40.8 Å². The Kier molecular flexibility index (Phi) is 9.13. The summed E-state index contributed by atoms with van der Waals surface area (Å²) in [5.74, 6) is 3.83. The van der Waals surface area contributed by atoms with Gasteiger partial charge in [0, 0.05) is 11.1 Å². The molecule has 0 spiro atoms. The van der Waals surface area contributed by atoms with E-state index in [9.17, 15) is 0 Å². The summed E-state index contributed by atoms with van der Waals surface area (Å²) in [5, 5.41) is 0. The van der Waals surface area contributed by atoms with Crippen molar-refractivity contribution < 1.29 is 45.4 Å². The van der Waals surface area contributed by atoms with Gasteiger partial charge in [-0.05, 0) is 24.3 Å². The molecule has 0 radical (unpaired) electrons. The van der Waals surface area contributed by atoms with Gasteiger partial charge in [-0.1, -0.05) is 0 Å². The van der Waals surface area contributed by atoms with E-state index in [4.69, 9.17) is 28.4 Å². The molecule has 0 N–H and O–H groups in total. The highest BCUT2D eigenvalue weighted by atomic mass is 35.5. The standard InChI is InChI=1S/C23H31N2O6.ClH/c1-26-18-9-16(10-19(27-2)22(18)30-5)13-24-7-8-25(15-24)14-17-11-20(28-3)23(31-6)21(12-17)29-4;/h9-12,15H,7-8,13-14H2,1-6H3;1H/q+1;/p-1. The van der Waals surface area contributed by atoms with E-state index in [1.54, 1.807) is 42.7 Å². The van der Waals surface area contributed by atoms with Crippen LogP contribution >= 0.6 is 0 Å². The van der Waals surface area contributed by atoms with Crippen molar-refractivity contribution in [2.24, 2.45) is 0 Å². The molecule has 0 amide bonds. The fraction of sp³-hybridized carbons (Fsp3) is 0.435. The highest BCUT2D eigenvalue weighted by Gasteiger charge is 2.23. The molecule has 2 aromatic carbocycles. The molecule has 0 saturated carbocycles. The average Bonchev–Trinajstić information content (AvgIpc) is 3.23. The molecule has 1 aliphatic heterocycles. The predicted molar refractivity (Wildman–Crippen MR) is 118 cm³/mol. The van der Waals surface area contributed by atoms with E-state index in [0.717, 1.165) is 37.3 Å². The largest absolute Gasteiger partial charge is 1.00 e. The number of nitrogens with zero attached hydrogens (tertiary/aromatic N) is 2. The fourth-order valence-electron chi connectivity index (χ4n) is 3.77. The van der Waals surface area contributed by atoms with Crippen molar-refractivity contribution in [3.63, 3.8) is 0 Å². The van der Waals surface area contributed by atoms with Crippen molar-refractivity contribution in [3.05, 3.63) is 35.4 Å². The Bertz CT molecular complexity index is 900. The molecule has 0 saturated heterocycles. The second kappa shape index (κ2) is 11.6. The number of hydrogen-bond acceptors (Lipinski definition) is 7. The van der Waals surface area contributed by atoms with E-state index in [1.165, 1.54) is 0 Å². The van der Waals surface area contributed by atoms with Gasteiger partial charge in [-0.15, -0.1) is 0 Å². The van der Waals surface area contributed by atoms with Crippen LogP contribution in [0.1, 0.15) is 11.1 Å². The molecule has 1 heterocycles. The number of benzene rings is 2. The van der Waals surface area contributed by atoms with Crippen molar-refractivity contribution in [2.45, 2.75) is 13.1 Å². The Labute approximate surface area is 195 Å². The van der Waals surface area contributed by atoms with Crippen LogP contribution in [0.15, 0.2) is 24.3 Å². The van der Waals surface area contributed by atoms with Gasteiger partial charge >= 0.3 is 0 Å². The van der Waals surface area contributed by atoms with Gasteiger partial charge in [-0.3, -0.25) is 9.48 Å². The van der Waals surface area contributed by atoms with E-state index < -0.39 is 0 Å². The van der Waals surface area contributed by atoms with E-state index in [2.05, 4.69) is 15.8 Å². The zero-order chi connectivity index (χ0) is 22.4. The smallest absolute Gasteiger partial charge is 0.234 e. The Balaban J connectivity index is 0.00000363. The predicted octanol–water partition coefficient (Wildman–Crippen LogP) is -0.201. The molecule has 1 aliphatic rings. The minimum absolute atomic E-state index is 0. The van der Waals surface area contributed by atoms with Crippen molar-refractivity contribution in [1.29, 1.82) is 0 Å². The first-order valence-corrected chi connectivity index (χ1v) is 9.97. The van der Waals surface area contributed by atoms with Crippen molar-refractivity contribution >= 4 is 6.34 Å². The Hall–Kier alpha value is -3.00. The molecule has 2 aromatic rings. The van der Waals surface area contributed by atoms with Crippen LogP contribution in [-0.4, -0.2) is 71.6 Å². The number of rotatable bonds is 10. The molecule has 0 aliphatic carbocycles. The van der Waals surface area contributed by atoms with Gasteiger partial charge in [0.05, 0.1) is 42.7 Å². The molecule has 9 heteroatoms. The highest BCUT2D eigenvalue weighted by Crippen LogP contribution is 2.39. The van der Waals surface area contributed by atoms with Crippen LogP contribution in [0, 0.1) is 0 Å². The fourth-order valence-corrected chi connectivity index (χ4v) is 3.77. The first-order valence-electron chi connectivity index (χ1n) is 9.97. The molecular weight excluding hydrogens is 436 g/mol.